The fraction of sp³-hybridized carbons (Fsp3) is 0.619. The maximum Gasteiger partial charge on any atom is 0.307 e. The Balaban J connectivity index is 1.34. The van der Waals surface area contributed by atoms with Crippen LogP contribution in [0.2, 0.25) is 0 Å². The van der Waals surface area contributed by atoms with Gasteiger partial charge in [0, 0.05) is 10.0 Å². The highest BCUT2D eigenvalue weighted by Crippen LogP contribution is 2.65. The molecule has 0 aliphatic heterocycles. The van der Waals surface area contributed by atoms with E-state index in [2.05, 4.69) is 21.2 Å². The number of hydrogen-bond donors (Lipinski definition) is 1. The van der Waals surface area contributed by atoms with Crippen LogP contribution in [0.5, 0.6) is 0 Å². The molecule has 2 unspecified atom stereocenters. The lowest BCUT2D eigenvalue weighted by atomic mass is 9.49. The molecule has 5 rings (SSSR count). The number of esters is 1. The van der Waals surface area contributed by atoms with E-state index in [0.717, 1.165) is 31.1 Å². The van der Waals surface area contributed by atoms with Gasteiger partial charge in [-0.1, -0.05) is 34.1 Å². The number of nitrogens with one attached hydrogen (secondary N) is 1. The van der Waals surface area contributed by atoms with Gasteiger partial charge in [-0.3, -0.25) is 9.59 Å². The number of para-hydroxylation sites is 1. The Hall–Kier alpha value is -1.36. The summed E-state index contributed by atoms with van der Waals surface area (Å²) in [5.74, 6) is 0.954. The first-order valence-electron chi connectivity index (χ1n) is 9.59. The number of benzene rings is 1. The molecule has 0 spiro atoms. The van der Waals surface area contributed by atoms with Crippen LogP contribution in [-0.4, -0.2) is 22.3 Å². The predicted molar refractivity (Wildman–Crippen MR) is 104 cm³/mol. The molecule has 0 aromatic heterocycles. The molecule has 4 saturated carbocycles. The molecular formula is C21H26BrNO3. The minimum Gasteiger partial charge on any atom is -0.453 e. The highest BCUT2D eigenvalue weighted by molar-refractivity contribution is 9.10. The molecule has 4 bridgehead atoms. The number of hydrogen-bond acceptors (Lipinski definition) is 3. The third kappa shape index (κ3) is 3.68. The summed E-state index contributed by atoms with van der Waals surface area (Å²) in [6.45, 7) is 1.64. The lowest BCUT2D eigenvalue weighted by Gasteiger charge is -2.60. The molecule has 4 aliphatic rings. The van der Waals surface area contributed by atoms with Crippen LogP contribution in [0, 0.1) is 17.3 Å². The quantitative estimate of drug-likeness (QED) is 0.556. The van der Waals surface area contributed by atoms with Gasteiger partial charge in [0.05, 0.1) is 6.42 Å². The monoisotopic (exact) mass is 419 g/mol. The maximum absolute atomic E-state index is 12.6. The van der Waals surface area contributed by atoms with Gasteiger partial charge in [-0.05, 0) is 74.8 Å². The van der Waals surface area contributed by atoms with Gasteiger partial charge in [-0.2, -0.15) is 0 Å². The lowest BCUT2D eigenvalue weighted by molar-refractivity contribution is -0.159. The summed E-state index contributed by atoms with van der Waals surface area (Å²) in [4.78, 5) is 24.8. The minimum absolute atomic E-state index is 0.0697. The fourth-order valence-electron chi connectivity index (χ4n) is 5.91. The molecule has 1 aromatic carbocycles. The molecule has 4 nitrogen and oxygen atoms in total. The fourth-order valence-corrected chi connectivity index (χ4v) is 7.42. The predicted octanol–water partition coefficient (Wildman–Crippen LogP) is 4.68. The van der Waals surface area contributed by atoms with Crippen LogP contribution >= 0.6 is 15.9 Å². The zero-order chi connectivity index (χ0) is 18.4. The van der Waals surface area contributed by atoms with E-state index in [9.17, 15) is 9.59 Å². The number of alkyl halides is 1. The zero-order valence-electron chi connectivity index (χ0n) is 15.2. The third-order valence-electron chi connectivity index (χ3n) is 6.35. The molecule has 1 amide bonds. The second-order valence-electron chi connectivity index (χ2n) is 8.78. The van der Waals surface area contributed by atoms with Crippen molar-refractivity contribution in [2.75, 3.05) is 5.32 Å². The number of halogens is 1. The van der Waals surface area contributed by atoms with Crippen molar-refractivity contribution in [3.63, 3.8) is 0 Å². The van der Waals surface area contributed by atoms with E-state index in [4.69, 9.17) is 4.74 Å². The highest BCUT2D eigenvalue weighted by atomic mass is 79.9. The summed E-state index contributed by atoms with van der Waals surface area (Å²) in [6.07, 6.45) is 6.80. The van der Waals surface area contributed by atoms with Crippen molar-refractivity contribution >= 4 is 33.5 Å². The molecule has 4 fully saturated rings. The van der Waals surface area contributed by atoms with Crippen molar-refractivity contribution in [2.24, 2.45) is 17.3 Å². The summed E-state index contributed by atoms with van der Waals surface area (Å²) >= 11 is 3.98. The Morgan fingerprint density at radius 1 is 1.19 bits per heavy atom. The van der Waals surface area contributed by atoms with Crippen molar-refractivity contribution in [2.45, 2.75) is 62.3 Å². The summed E-state index contributed by atoms with van der Waals surface area (Å²) in [5.41, 5.74) is 0.781. The van der Waals surface area contributed by atoms with Crippen LogP contribution < -0.4 is 5.32 Å². The molecule has 1 N–H and O–H groups in total. The van der Waals surface area contributed by atoms with Crippen molar-refractivity contribution in [1.82, 2.24) is 0 Å². The Morgan fingerprint density at radius 2 is 1.85 bits per heavy atom. The first-order valence-corrected chi connectivity index (χ1v) is 10.4. The molecule has 26 heavy (non-hydrogen) atoms. The molecule has 0 radical (unpaired) electrons. The van der Waals surface area contributed by atoms with E-state index in [1.807, 2.05) is 30.3 Å². The SMILES string of the molecule is C[C@H](OC(=O)CC12C[C@@H]3C[C@@H](CC(Br)(C3)C1)C2)C(=O)Nc1ccccc1. The van der Waals surface area contributed by atoms with Crippen LogP contribution in [0.1, 0.15) is 51.9 Å². The van der Waals surface area contributed by atoms with Crippen LogP contribution in [-0.2, 0) is 14.3 Å². The van der Waals surface area contributed by atoms with E-state index in [1.54, 1.807) is 6.92 Å². The van der Waals surface area contributed by atoms with Crippen LogP contribution in [0.25, 0.3) is 0 Å². The van der Waals surface area contributed by atoms with Gasteiger partial charge in [-0.25, -0.2) is 0 Å². The Labute approximate surface area is 163 Å². The Kier molecular flexibility index (Phi) is 4.62. The van der Waals surface area contributed by atoms with E-state index in [1.165, 1.54) is 19.3 Å². The molecule has 1 aromatic rings. The highest BCUT2D eigenvalue weighted by Gasteiger charge is 2.57. The Morgan fingerprint density at radius 3 is 2.46 bits per heavy atom. The normalized spacial score (nSPS) is 35.8. The summed E-state index contributed by atoms with van der Waals surface area (Å²) in [6, 6.07) is 9.24. The van der Waals surface area contributed by atoms with Crippen LogP contribution in [0.4, 0.5) is 5.69 Å². The molecule has 4 aliphatic carbocycles. The minimum atomic E-state index is -0.783. The number of rotatable bonds is 5. The van der Waals surface area contributed by atoms with Crippen LogP contribution in [0.15, 0.2) is 30.3 Å². The van der Waals surface area contributed by atoms with Crippen molar-refractivity contribution in [3.05, 3.63) is 30.3 Å². The van der Waals surface area contributed by atoms with Crippen molar-refractivity contribution in [1.29, 1.82) is 0 Å². The van der Waals surface area contributed by atoms with Gasteiger partial charge in [0.1, 0.15) is 0 Å². The van der Waals surface area contributed by atoms with Crippen molar-refractivity contribution in [3.8, 4) is 0 Å². The Bertz CT molecular complexity index is 690. The number of carbonyl (C=O) groups excluding carboxylic acids is 2. The number of ether oxygens (including phenoxy) is 1. The van der Waals surface area contributed by atoms with Crippen LogP contribution in [0.3, 0.4) is 0 Å². The first-order chi connectivity index (χ1) is 12.3. The van der Waals surface area contributed by atoms with E-state index in [0.29, 0.717) is 12.1 Å². The average Bonchev–Trinajstić information content (AvgIpc) is 2.52. The van der Waals surface area contributed by atoms with Gasteiger partial charge in [0.15, 0.2) is 6.10 Å². The number of anilines is 1. The van der Waals surface area contributed by atoms with Gasteiger partial charge in [0.25, 0.3) is 5.91 Å². The maximum atomic E-state index is 12.6. The second kappa shape index (κ2) is 6.66. The van der Waals surface area contributed by atoms with E-state index in [-0.39, 0.29) is 21.6 Å². The smallest absolute Gasteiger partial charge is 0.307 e. The second-order valence-corrected chi connectivity index (χ2v) is 10.5. The molecule has 0 saturated heterocycles. The molecule has 5 atom stereocenters. The van der Waals surface area contributed by atoms with Gasteiger partial charge < -0.3 is 10.1 Å². The first kappa shape index (κ1) is 18.0. The largest absolute Gasteiger partial charge is 0.453 e. The average molecular weight is 420 g/mol. The number of carbonyl (C=O) groups is 2. The van der Waals surface area contributed by atoms with Crippen molar-refractivity contribution < 1.29 is 14.3 Å². The number of amides is 1. The lowest BCUT2D eigenvalue weighted by Crippen LogP contribution is -2.53. The molecule has 5 heteroatoms. The van der Waals surface area contributed by atoms with Gasteiger partial charge in [0.2, 0.25) is 0 Å². The third-order valence-corrected chi connectivity index (χ3v) is 7.28. The molecule has 0 heterocycles. The summed E-state index contributed by atoms with van der Waals surface area (Å²) in [5, 5.41) is 2.79. The van der Waals surface area contributed by atoms with Gasteiger partial charge in [-0.15, -0.1) is 0 Å². The van der Waals surface area contributed by atoms with E-state index < -0.39 is 6.10 Å². The molecular weight excluding hydrogens is 394 g/mol. The standard InChI is InChI=1S/C21H26BrNO3/c1-14(19(25)23-17-5-3-2-4-6-17)26-18(24)12-20-8-15-7-16(9-20)11-21(22,10-15)13-20/h2-6,14-16H,7-13H2,1H3,(H,23,25)/t14-,15-,16+,20?,21?/m0/s1. The molecule has 140 valence electrons. The van der Waals surface area contributed by atoms with Gasteiger partial charge >= 0.3 is 5.97 Å². The van der Waals surface area contributed by atoms with E-state index >= 15 is 0 Å². The summed E-state index contributed by atoms with van der Waals surface area (Å²) < 4.78 is 5.72. The summed E-state index contributed by atoms with van der Waals surface area (Å²) in [7, 11) is 0. The zero-order valence-corrected chi connectivity index (χ0v) is 16.8. The topological polar surface area (TPSA) is 55.4 Å².